The number of nitrogens with one attached hydrogen (secondary N) is 2. The van der Waals surface area contributed by atoms with Crippen molar-refractivity contribution in [3.63, 3.8) is 0 Å². The van der Waals surface area contributed by atoms with Crippen molar-refractivity contribution < 1.29 is 19.5 Å². The monoisotopic (exact) mass is 257 g/mol. The number of urea groups is 1. The molecule has 1 aliphatic carbocycles. The summed E-state index contributed by atoms with van der Waals surface area (Å²) in [7, 11) is 0. The molecule has 0 bridgehead atoms. The van der Waals surface area contributed by atoms with E-state index in [-0.39, 0.29) is 30.5 Å². The minimum Gasteiger partial charge on any atom is -0.481 e. The van der Waals surface area contributed by atoms with Crippen molar-refractivity contribution >= 4 is 17.9 Å². The summed E-state index contributed by atoms with van der Waals surface area (Å²) in [6, 6.07) is -0.842. The second kappa shape index (κ2) is 6.23. The second-order valence-corrected chi connectivity index (χ2v) is 4.73. The fraction of sp³-hybridized carbons (Fsp3) is 0.727. The number of aliphatic carboxylic acids is 1. The number of amides is 3. The van der Waals surface area contributed by atoms with Crippen molar-refractivity contribution in [3.05, 3.63) is 0 Å². The van der Waals surface area contributed by atoms with Crippen LogP contribution in [0, 0.1) is 5.92 Å². The maximum atomic E-state index is 11.5. The van der Waals surface area contributed by atoms with Crippen LogP contribution < -0.4 is 16.4 Å². The lowest BCUT2D eigenvalue weighted by atomic mass is 10.1. The topological polar surface area (TPSA) is 122 Å². The van der Waals surface area contributed by atoms with E-state index in [1.54, 1.807) is 6.92 Å². The molecule has 7 heteroatoms. The lowest BCUT2D eigenvalue weighted by Crippen LogP contribution is -2.45. The Kier molecular flexibility index (Phi) is 4.94. The van der Waals surface area contributed by atoms with Gasteiger partial charge in [-0.1, -0.05) is 0 Å². The highest BCUT2D eigenvalue weighted by Crippen LogP contribution is 2.25. The number of carbonyl (C=O) groups is 3. The van der Waals surface area contributed by atoms with Crippen LogP contribution in [0.25, 0.3) is 0 Å². The first kappa shape index (κ1) is 14.3. The Labute approximate surface area is 105 Å². The van der Waals surface area contributed by atoms with Gasteiger partial charge < -0.3 is 21.5 Å². The third-order valence-electron chi connectivity index (χ3n) is 3.00. The smallest absolute Gasteiger partial charge is 0.315 e. The fourth-order valence-electron chi connectivity index (χ4n) is 2.14. The number of carboxylic acid groups (broad SMARTS) is 1. The van der Waals surface area contributed by atoms with E-state index in [1.165, 1.54) is 0 Å². The van der Waals surface area contributed by atoms with E-state index in [4.69, 9.17) is 10.8 Å². The van der Waals surface area contributed by atoms with E-state index in [0.717, 1.165) is 0 Å². The molecule has 0 aromatic rings. The van der Waals surface area contributed by atoms with Crippen molar-refractivity contribution in [1.82, 2.24) is 10.6 Å². The van der Waals surface area contributed by atoms with E-state index in [2.05, 4.69) is 10.6 Å². The molecule has 3 atom stereocenters. The number of hydrogen-bond donors (Lipinski definition) is 4. The van der Waals surface area contributed by atoms with Gasteiger partial charge in [0.2, 0.25) is 5.91 Å². The second-order valence-electron chi connectivity index (χ2n) is 4.73. The predicted molar refractivity (Wildman–Crippen MR) is 63.7 cm³/mol. The molecule has 1 aliphatic rings. The first-order chi connectivity index (χ1) is 8.38. The SMILES string of the molecule is CC(CC(N)=O)NC(=O)NC1CCC(C(=O)O)C1. The predicted octanol–water partition coefficient (Wildman–Crippen LogP) is -0.197. The van der Waals surface area contributed by atoms with E-state index < -0.39 is 11.9 Å². The fourth-order valence-corrected chi connectivity index (χ4v) is 2.14. The molecule has 1 rings (SSSR count). The summed E-state index contributed by atoms with van der Waals surface area (Å²) in [4.78, 5) is 32.9. The molecule has 0 radical (unpaired) electrons. The molecule has 0 heterocycles. The number of primary amides is 1. The Hall–Kier alpha value is -1.79. The van der Waals surface area contributed by atoms with Gasteiger partial charge in [0, 0.05) is 18.5 Å². The first-order valence-electron chi connectivity index (χ1n) is 5.96. The largest absolute Gasteiger partial charge is 0.481 e. The van der Waals surface area contributed by atoms with Gasteiger partial charge >= 0.3 is 12.0 Å². The Morgan fingerprint density at radius 2 is 2.06 bits per heavy atom. The van der Waals surface area contributed by atoms with E-state index in [0.29, 0.717) is 19.3 Å². The van der Waals surface area contributed by atoms with Gasteiger partial charge in [0.15, 0.2) is 0 Å². The van der Waals surface area contributed by atoms with Crippen LogP contribution in [-0.2, 0) is 9.59 Å². The number of nitrogens with two attached hydrogens (primary N) is 1. The van der Waals surface area contributed by atoms with Crippen LogP contribution in [-0.4, -0.2) is 35.1 Å². The highest BCUT2D eigenvalue weighted by Gasteiger charge is 2.30. The van der Waals surface area contributed by atoms with Crippen molar-refractivity contribution in [2.75, 3.05) is 0 Å². The molecular formula is C11H19N3O4. The van der Waals surface area contributed by atoms with Gasteiger partial charge in [-0.15, -0.1) is 0 Å². The maximum absolute atomic E-state index is 11.5. The molecule has 0 aromatic heterocycles. The molecule has 3 amide bonds. The first-order valence-corrected chi connectivity index (χ1v) is 5.96. The van der Waals surface area contributed by atoms with Gasteiger partial charge in [-0.3, -0.25) is 9.59 Å². The van der Waals surface area contributed by atoms with Gasteiger partial charge in [-0.2, -0.15) is 0 Å². The Balaban J connectivity index is 2.29. The molecule has 1 fully saturated rings. The van der Waals surface area contributed by atoms with Gasteiger partial charge in [-0.05, 0) is 26.2 Å². The van der Waals surface area contributed by atoms with Gasteiger partial charge in [0.1, 0.15) is 0 Å². The van der Waals surface area contributed by atoms with Crippen LogP contribution in [0.3, 0.4) is 0 Å². The summed E-state index contributed by atoms with van der Waals surface area (Å²) in [6.07, 6.45) is 1.77. The molecule has 5 N–H and O–H groups in total. The summed E-state index contributed by atoms with van der Waals surface area (Å²) in [5.41, 5.74) is 5.01. The molecule has 1 saturated carbocycles. The normalized spacial score (nSPS) is 24.3. The average molecular weight is 257 g/mol. The highest BCUT2D eigenvalue weighted by molar-refractivity contribution is 5.78. The van der Waals surface area contributed by atoms with Crippen molar-refractivity contribution in [2.24, 2.45) is 11.7 Å². The zero-order chi connectivity index (χ0) is 13.7. The van der Waals surface area contributed by atoms with E-state index in [1.807, 2.05) is 0 Å². The zero-order valence-electron chi connectivity index (χ0n) is 10.3. The van der Waals surface area contributed by atoms with Crippen LogP contribution in [0.2, 0.25) is 0 Å². The Morgan fingerprint density at radius 1 is 1.39 bits per heavy atom. The summed E-state index contributed by atoms with van der Waals surface area (Å²) in [6.45, 7) is 1.68. The standard InChI is InChI=1S/C11H19N3O4/c1-6(4-9(12)15)13-11(18)14-8-3-2-7(5-8)10(16)17/h6-8H,2-5H2,1H3,(H2,12,15)(H,16,17)(H2,13,14,18). The van der Waals surface area contributed by atoms with Crippen molar-refractivity contribution in [2.45, 2.75) is 44.7 Å². The minimum absolute atomic E-state index is 0.0792. The zero-order valence-corrected chi connectivity index (χ0v) is 10.3. The molecule has 0 aromatic carbocycles. The molecule has 3 unspecified atom stereocenters. The average Bonchev–Trinajstić information content (AvgIpc) is 2.63. The van der Waals surface area contributed by atoms with Gasteiger partial charge in [0.25, 0.3) is 0 Å². The molecule has 18 heavy (non-hydrogen) atoms. The number of carbonyl (C=O) groups excluding carboxylic acids is 2. The summed E-state index contributed by atoms with van der Waals surface area (Å²) in [5, 5.41) is 14.1. The summed E-state index contributed by atoms with van der Waals surface area (Å²) in [5.74, 6) is -1.67. The number of rotatable bonds is 5. The Bertz CT molecular complexity index is 345. The Morgan fingerprint density at radius 3 is 2.56 bits per heavy atom. The van der Waals surface area contributed by atoms with Crippen LogP contribution in [0.1, 0.15) is 32.6 Å². The lowest BCUT2D eigenvalue weighted by molar-refractivity contribution is -0.141. The van der Waals surface area contributed by atoms with Crippen LogP contribution in [0.4, 0.5) is 4.79 Å². The molecule has 7 nitrogen and oxygen atoms in total. The molecule has 0 aliphatic heterocycles. The minimum atomic E-state index is -0.818. The third-order valence-corrected chi connectivity index (χ3v) is 3.00. The summed E-state index contributed by atoms with van der Waals surface area (Å²) >= 11 is 0. The van der Waals surface area contributed by atoms with Crippen LogP contribution in [0.5, 0.6) is 0 Å². The van der Waals surface area contributed by atoms with Crippen LogP contribution in [0.15, 0.2) is 0 Å². The van der Waals surface area contributed by atoms with E-state index in [9.17, 15) is 14.4 Å². The highest BCUT2D eigenvalue weighted by atomic mass is 16.4. The molecular weight excluding hydrogens is 238 g/mol. The maximum Gasteiger partial charge on any atom is 0.315 e. The summed E-state index contributed by atoms with van der Waals surface area (Å²) < 4.78 is 0. The van der Waals surface area contributed by atoms with Crippen LogP contribution >= 0.6 is 0 Å². The van der Waals surface area contributed by atoms with Crippen molar-refractivity contribution in [1.29, 1.82) is 0 Å². The number of carboxylic acids is 1. The molecule has 0 saturated heterocycles. The van der Waals surface area contributed by atoms with Gasteiger partial charge in [-0.25, -0.2) is 4.79 Å². The van der Waals surface area contributed by atoms with Crippen molar-refractivity contribution in [3.8, 4) is 0 Å². The molecule has 102 valence electrons. The van der Waals surface area contributed by atoms with Gasteiger partial charge in [0.05, 0.1) is 5.92 Å². The van der Waals surface area contributed by atoms with E-state index >= 15 is 0 Å². The lowest BCUT2D eigenvalue weighted by Gasteiger charge is -2.16. The molecule has 0 spiro atoms. The number of hydrogen-bond acceptors (Lipinski definition) is 3. The third kappa shape index (κ3) is 4.60. The quantitative estimate of drug-likeness (QED) is 0.545.